The van der Waals surface area contributed by atoms with Gasteiger partial charge in [-0.1, -0.05) is 140 Å². The molecule has 0 fully saturated rings. The van der Waals surface area contributed by atoms with E-state index >= 15 is 0 Å². The summed E-state index contributed by atoms with van der Waals surface area (Å²) in [7, 11) is 0. The Morgan fingerprint density at radius 1 is 0.302 bits per heavy atom. The molecule has 294 valence electrons. The lowest BCUT2D eigenvalue weighted by molar-refractivity contribution is 0.669. The van der Waals surface area contributed by atoms with Crippen molar-refractivity contribution < 1.29 is 4.42 Å². The molecule has 6 heteroatoms. The van der Waals surface area contributed by atoms with E-state index in [1.165, 1.54) is 10.8 Å². The van der Waals surface area contributed by atoms with E-state index in [2.05, 4.69) is 173 Å². The smallest absolute Gasteiger partial charge is 0.164 e. The van der Waals surface area contributed by atoms with Gasteiger partial charge in [0, 0.05) is 66.4 Å². The molecule has 0 spiro atoms. The van der Waals surface area contributed by atoms with Crippen LogP contribution < -0.4 is 0 Å². The van der Waals surface area contributed by atoms with Gasteiger partial charge in [-0.2, -0.15) is 0 Å². The van der Waals surface area contributed by atoms with Gasteiger partial charge in [0.05, 0.1) is 22.1 Å². The van der Waals surface area contributed by atoms with E-state index in [0.29, 0.717) is 17.5 Å². The van der Waals surface area contributed by atoms with Crippen LogP contribution in [0.3, 0.4) is 0 Å². The van der Waals surface area contributed by atoms with Crippen molar-refractivity contribution in [1.82, 2.24) is 24.1 Å². The quantitative estimate of drug-likeness (QED) is 0.168. The number of hydrogen-bond acceptors (Lipinski definition) is 4. The zero-order valence-corrected chi connectivity index (χ0v) is 33.9. The Labute approximate surface area is 361 Å². The molecule has 13 rings (SSSR count). The largest absolute Gasteiger partial charge is 0.456 e. The summed E-state index contributed by atoms with van der Waals surface area (Å²) in [6, 6.07) is 74.5. The Balaban J connectivity index is 1.06. The highest BCUT2D eigenvalue weighted by Crippen LogP contribution is 2.43. The van der Waals surface area contributed by atoms with Crippen LogP contribution in [-0.4, -0.2) is 24.1 Å². The maximum Gasteiger partial charge on any atom is 0.164 e. The van der Waals surface area contributed by atoms with Gasteiger partial charge >= 0.3 is 0 Å². The molecule has 0 aliphatic carbocycles. The second-order valence-electron chi connectivity index (χ2n) is 16.0. The van der Waals surface area contributed by atoms with Gasteiger partial charge in [-0.15, -0.1) is 0 Å². The second-order valence-corrected chi connectivity index (χ2v) is 16.0. The molecule has 0 bridgehead atoms. The predicted molar refractivity (Wildman–Crippen MR) is 258 cm³/mol. The molecule has 0 saturated heterocycles. The number of benzene rings is 9. The first-order valence-electron chi connectivity index (χ1n) is 21.2. The Bertz CT molecular complexity index is 3830. The highest BCUT2D eigenvalue weighted by Gasteiger charge is 2.22. The number of furan rings is 1. The number of nitrogens with zero attached hydrogens (tertiary/aromatic N) is 5. The highest BCUT2D eigenvalue weighted by atomic mass is 16.3. The van der Waals surface area contributed by atoms with Gasteiger partial charge < -0.3 is 13.6 Å². The van der Waals surface area contributed by atoms with E-state index in [1.807, 2.05) is 48.5 Å². The first-order valence-corrected chi connectivity index (χ1v) is 21.2. The zero-order valence-electron chi connectivity index (χ0n) is 33.9. The van der Waals surface area contributed by atoms with Gasteiger partial charge in [0.25, 0.3) is 0 Å². The summed E-state index contributed by atoms with van der Waals surface area (Å²) < 4.78 is 11.1. The molecule has 13 aromatic rings. The van der Waals surface area contributed by atoms with Crippen molar-refractivity contribution in [3.05, 3.63) is 212 Å². The third-order valence-electron chi connectivity index (χ3n) is 12.4. The summed E-state index contributed by atoms with van der Waals surface area (Å²) in [4.78, 5) is 15.4. The number of aromatic nitrogens is 5. The lowest BCUT2D eigenvalue weighted by Gasteiger charge is -2.10. The second kappa shape index (κ2) is 14.0. The number of rotatable bonds is 6. The van der Waals surface area contributed by atoms with Crippen molar-refractivity contribution in [3.63, 3.8) is 0 Å². The third-order valence-corrected chi connectivity index (χ3v) is 12.4. The minimum Gasteiger partial charge on any atom is -0.456 e. The van der Waals surface area contributed by atoms with Crippen molar-refractivity contribution in [2.24, 2.45) is 0 Å². The average Bonchev–Trinajstić information content (AvgIpc) is 4.00. The van der Waals surface area contributed by atoms with Crippen molar-refractivity contribution in [3.8, 4) is 56.7 Å². The van der Waals surface area contributed by atoms with Gasteiger partial charge in [0.2, 0.25) is 0 Å². The first-order chi connectivity index (χ1) is 31.2. The standard InChI is InChI=1S/C57H35N5O/c1-5-16-36(17-6-1)55-58-56(37-18-7-2-8-19-37)60-57(59-55)43-25-15-26-50-54(43)47-33-39(29-31-49(47)61(50)40-20-9-3-10-21-40)38-28-30-48-44(32-38)45-34-46-42-24-13-14-27-52(42)63-53(46)35-51(45)62(48)41-22-11-4-12-23-41/h1-35H. The normalized spacial score (nSPS) is 11.8. The first kappa shape index (κ1) is 35.2. The van der Waals surface area contributed by atoms with Gasteiger partial charge in [0.1, 0.15) is 11.2 Å². The molecule has 0 amide bonds. The van der Waals surface area contributed by atoms with Crippen LogP contribution in [0.1, 0.15) is 0 Å². The topological polar surface area (TPSA) is 61.7 Å². The molecule has 0 N–H and O–H groups in total. The van der Waals surface area contributed by atoms with E-state index in [0.717, 1.165) is 94.0 Å². The zero-order chi connectivity index (χ0) is 41.4. The molecule has 0 radical (unpaired) electrons. The highest BCUT2D eigenvalue weighted by molar-refractivity contribution is 6.19. The molecule has 0 saturated carbocycles. The molecule has 4 aromatic heterocycles. The summed E-state index contributed by atoms with van der Waals surface area (Å²) in [5.41, 5.74) is 13.4. The Morgan fingerprint density at radius 3 is 1.48 bits per heavy atom. The molecule has 63 heavy (non-hydrogen) atoms. The van der Waals surface area contributed by atoms with E-state index in [-0.39, 0.29) is 0 Å². The lowest BCUT2D eigenvalue weighted by Crippen LogP contribution is -2.00. The fourth-order valence-corrected chi connectivity index (χ4v) is 9.49. The Hall–Kier alpha value is -8.61. The monoisotopic (exact) mass is 805 g/mol. The molecule has 9 aromatic carbocycles. The van der Waals surface area contributed by atoms with Crippen LogP contribution in [0.5, 0.6) is 0 Å². The van der Waals surface area contributed by atoms with E-state index in [4.69, 9.17) is 19.4 Å². The number of fused-ring (bicyclic) bond motifs is 9. The number of hydrogen-bond donors (Lipinski definition) is 0. The van der Waals surface area contributed by atoms with Crippen LogP contribution in [-0.2, 0) is 0 Å². The van der Waals surface area contributed by atoms with E-state index in [9.17, 15) is 0 Å². The average molecular weight is 806 g/mol. The molecule has 0 unspecified atom stereocenters. The number of para-hydroxylation sites is 3. The summed E-state index contributed by atoms with van der Waals surface area (Å²) in [6.07, 6.45) is 0. The molecule has 0 aliphatic rings. The molecule has 0 atom stereocenters. The van der Waals surface area contributed by atoms with Crippen molar-refractivity contribution in [2.75, 3.05) is 0 Å². The predicted octanol–water partition coefficient (Wildman–Crippen LogP) is 14.6. The SMILES string of the molecule is c1ccc(-c2nc(-c3ccccc3)nc(-c3cccc4c3c3cc(-c5ccc6c(c5)c5cc7c(cc5n6-c5ccccc5)oc5ccccc57)ccc3n4-c3ccccc3)n2)cc1. The van der Waals surface area contributed by atoms with Crippen LogP contribution in [0.2, 0.25) is 0 Å². The maximum absolute atomic E-state index is 6.42. The van der Waals surface area contributed by atoms with Gasteiger partial charge in [-0.25, -0.2) is 15.0 Å². The van der Waals surface area contributed by atoms with E-state index in [1.54, 1.807) is 0 Å². The lowest BCUT2D eigenvalue weighted by atomic mass is 9.99. The Kier molecular flexibility index (Phi) is 7.80. The minimum atomic E-state index is 0.624. The van der Waals surface area contributed by atoms with Crippen LogP contribution in [0, 0.1) is 0 Å². The summed E-state index contributed by atoms with van der Waals surface area (Å²) in [6.45, 7) is 0. The summed E-state index contributed by atoms with van der Waals surface area (Å²) in [5, 5.41) is 6.78. The third kappa shape index (κ3) is 5.62. The van der Waals surface area contributed by atoms with E-state index < -0.39 is 0 Å². The molecular weight excluding hydrogens is 771 g/mol. The van der Waals surface area contributed by atoms with Crippen LogP contribution >= 0.6 is 0 Å². The maximum atomic E-state index is 6.42. The van der Waals surface area contributed by atoms with Crippen molar-refractivity contribution in [1.29, 1.82) is 0 Å². The van der Waals surface area contributed by atoms with Gasteiger partial charge in [-0.3, -0.25) is 0 Å². The van der Waals surface area contributed by atoms with Crippen molar-refractivity contribution in [2.45, 2.75) is 0 Å². The molecule has 4 heterocycles. The molecule has 0 aliphatic heterocycles. The van der Waals surface area contributed by atoms with Gasteiger partial charge in [-0.05, 0) is 77.9 Å². The van der Waals surface area contributed by atoms with Gasteiger partial charge in [0.15, 0.2) is 17.5 Å². The molecule has 6 nitrogen and oxygen atoms in total. The summed E-state index contributed by atoms with van der Waals surface area (Å²) in [5.74, 6) is 1.89. The summed E-state index contributed by atoms with van der Waals surface area (Å²) >= 11 is 0. The van der Waals surface area contributed by atoms with Crippen LogP contribution in [0.15, 0.2) is 217 Å². The van der Waals surface area contributed by atoms with Crippen LogP contribution in [0.4, 0.5) is 0 Å². The van der Waals surface area contributed by atoms with Crippen LogP contribution in [0.25, 0.3) is 122 Å². The fourth-order valence-electron chi connectivity index (χ4n) is 9.49. The minimum absolute atomic E-state index is 0.624. The van der Waals surface area contributed by atoms with Crippen molar-refractivity contribution >= 4 is 65.6 Å². The fraction of sp³-hybridized carbons (Fsp3) is 0. The molecular formula is C57H35N5O. The Morgan fingerprint density at radius 2 is 0.825 bits per heavy atom.